The summed E-state index contributed by atoms with van der Waals surface area (Å²) in [7, 11) is 0. The quantitative estimate of drug-likeness (QED) is 0.521. The van der Waals surface area contributed by atoms with Crippen LogP contribution in [0.5, 0.6) is 0 Å². The minimum absolute atomic E-state index is 0.0303. The second-order valence-electron chi connectivity index (χ2n) is 8.96. The molecular weight excluding hydrogens is 540 g/mol. The van der Waals surface area contributed by atoms with Crippen molar-refractivity contribution < 1.29 is 55.4 Å². The summed E-state index contributed by atoms with van der Waals surface area (Å²) in [5.41, 5.74) is 1.15. The zero-order valence-corrected chi connectivity index (χ0v) is 20.8. The SMILES string of the molecule is Cc1ccc(CN2CCC3(CCC(=O)N3Cc3cccnc3)CC2)o1.O=C(O)C(F)(F)F.O=C(O)C(F)(F)F. The molecule has 216 valence electrons. The van der Waals surface area contributed by atoms with Crippen LogP contribution in [-0.2, 0) is 27.5 Å². The Morgan fingerprint density at radius 1 is 0.974 bits per heavy atom. The highest BCUT2D eigenvalue weighted by molar-refractivity contribution is 5.79. The first-order valence-corrected chi connectivity index (χ1v) is 11.6. The van der Waals surface area contributed by atoms with E-state index in [4.69, 9.17) is 24.2 Å². The molecule has 2 aromatic rings. The van der Waals surface area contributed by atoms with E-state index >= 15 is 0 Å². The van der Waals surface area contributed by atoms with Gasteiger partial charge in [-0.1, -0.05) is 6.07 Å². The van der Waals surface area contributed by atoms with Gasteiger partial charge in [0.2, 0.25) is 5.91 Å². The fourth-order valence-electron chi connectivity index (χ4n) is 4.24. The maximum absolute atomic E-state index is 12.5. The number of hydrogen-bond donors (Lipinski definition) is 2. The number of alkyl halides is 6. The van der Waals surface area contributed by atoms with Gasteiger partial charge >= 0.3 is 24.3 Å². The zero-order chi connectivity index (χ0) is 29.4. The lowest BCUT2D eigenvalue weighted by atomic mass is 9.84. The zero-order valence-electron chi connectivity index (χ0n) is 20.8. The van der Waals surface area contributed by atoms with Crippen molar-refractivity contribution in [3.8, 4) is 0 Å². The molecule has 2 aliphatic rings. The molecule has 2 aliphatic heterocycles. The summed E-state index contributed by atoms with van der Waals surface area (Å²) < 4.78 is 69.2. The van der Waals surface area contributed by atoms with Crippen molar-refractivity contribution in [2.45, 2.75) is 63.6 Å². The summed E-state index contributed by atoms with van der Waals surface area (Å²) in [5, 5.41) is 14.2. The van der Waals surface area contributed by atoms with Gasteiger partial charge in [0.1, 0.15) is 11.5 Å². The first-order valence-electron chi connectivity index (χ1n) is 11.6. The van der Waals surface area contributed by atoms with E-state index in [0.717, 1.165) is 56.0 Å². The molecule has 0 bridgehead atoms. The molecule has 0 unspecified atom stereocenters. The van der Waals surface area contributed by atoms with Gasteiger partial charge in [-0.2, -0.15) is 26.3 Å². The number of amides is 1. The molecule has 4 rings (SSSR count). The number of halogens is 6. The molecule has 2 fully saturated rings. The van der Waals surface area contributed by atoms with Gasteiger partial charge in [-0.05, 0) is 49.9 Å². The Kier molecular flexibility index (Phi) is 10.5. The van der Waals surface area contributed by atoms with Crippen molar-refractivity contribution in [2.24, 2.45) is 0 Å². The van der Waals surface area contributed by atoms with Crippen LogP contribution < -0.4 is 0 Å². The lowest BCUT2D eigenvalue weighted by molar-refractivity contribution is -0.193. The van der Waals surface area contributed by atoms with E-state index in [9.17, 15) is 31.1 Å². The minimum atomic E-state index is -5.08. The molecule has 2 aromatic heterocycles. The van der Waals surface area contributed by atoms with Gasteiger partial charge in [0.05, 0.1) is 6.54 Å². The highest BCUT2D eigenvalue weighted by atomic mass is 19.4. The molecule has 9 nitrogen and oxygen atoms in total. The topological polar surface area (TPSA) is 124 Å². The Labute approximate surface area is 219 Å². The Morgan fingerprint density at radius 3 is 1.97 bits per heavy atom. The summed E-state index contributed by atoms with van der Waals surface area (Å²) in [6.45, 7) is 5.55. The summed E-state index contributed by atoms with van der Waals surface area (Å²) in [6, 6.07) is 8.08. The number of aryl methyl sites for hydroxylation is 1. The lowest BCUT2D eigenvalue weighted by Gasteiger charge is -2.45. The van der Waals surface area contributed by atoms with Gasteiger partial charge in [0, 0.05) is 44.0 Å². The van der Waals surface area contributed by atoms with Crippen molar-refractivity contribution in [1.82, 2.24) is 14.8 Å². The largest absolute Gasteiger partial charge is 0.490 e. The second kappa shape index (κ2) is 13.0. The van der Waals surface area contributed by atoms with Crippen LogP contribution in [0.25, 0.3) is 0 Å². The number of nitrogens with zero attached hydrogens (tertiary/aromatic N) is 3. The van der Waals surface area contributed by atoms with Crippen molar-refractivity contribution in [3.63, 3.8) is 0 Å². The van der Waals surface area contributed by atoms with Crippen LogP contribution in [0, 0.1) is 6.92 Å². The van der Waals surface area contributed by atoms with Gasteiger partial charge < -0.3 is 19.5 Å². The van der Waals surface area contributed by atoms with Crippen molar-refractivity contribution >= 4 is 17.8 Å². The Balaban J connectivity index is 0.000000317. The van der Waals surface area contributed by atoms with Crippen LogP contribution in [0.1, 0.15) is 42.8 Å². The third kappa shape index (κ3) is 9.57. The molecule has 0 aromatic carbocycles. The molecule has 4 heterocycles. The van der Waals surface area contributed by atoms with Crippen LogP contribution in [0.15, 0.2) is 41.1 Å². The predicted molar refractivity (Wildman–Crippen MR) is 122 cm³/mol. The highest BCUT2D eigenvalue weighted by Crippen LogP contribution is 2.40. The van der Waals surface area contributed by atoms with Crippen LogP contribution in [0.4, 0.5) is 26.3 Å². The van der Waals surface area contributed by atoms with E-state index < -0.39 is 24.3 Å². The van der Waals surface area contributed by atoms with E-state index in [2.05, 4.69) is 26.9 Å². The van der Waals surface area contributed by atoms with E-state index in [-0.39, 0.29) is 5.54 Å². The third-order valence-electron chi connectivity index (χ3n) is 6.19. The number of rotatable bonds is 4. The molecule has 0 radical (unpaired) electrons. The van der Waals surface area contributed by atoms with Crippen molar-refractivity contribution in [2.75, 3.05) is 13.1 Å². The van der Waals surface area contributed by atoms with Gasteiger partial charge in [-0.25, -0.2) is 9.59 Å². The average molecular weight is 567 g/mol. The first kappa shape index (κ1) is 31.6. The molecule has 0 saturated carbocycles. The average Bonchev–Trinajstić information content (AvgIpc) is 3.39. The summed E-state index contributed by atoms with van der Waals surface area (Å²) >= 11 is 0. The molecule has 0 aliphatic carbocycles. The minimum Gasteiger partial charge on any atom is -0.475 e. The molecule has 2 saturated heterocycles. The number of aliphatic carboxylic acids is 2. The number of piperidine rings is 1. The molecule has 15 heteroatoms. The highest BCUT2D eigenvalue weighted by Gasteiger charge is 2.46. The number of aromatic nitrogens is 1. The van der Waals surface area contributed by atoms with E-state index in [0.29, 0.717) is 18.9 Å². The summed E-state index contributed by atoms with van der Waals surface area (Å²) in [5.74, 6) is -3.23. The molecule has 39 heavy (non-hydrogen) atoms. The van der Waals surface area contributed by atoms with Crippen molar-refractivity contribution in [1.29, 1.82) is 0 Å². The molecule has 1 amide bonds. The summed E-state index contributed by atoms with van der Waals surface area (Å²) in [4.78, 5) is 39.0. The van der Waals surface area contributed by atoms with Crippen LogP contribution in [-0.4, -0.2) is 73.8 Å². The second-order valence-corrected chi connectivity index (χ2v) is 8.96. The maximum atomic E-state index is 12.5. The van der Waals surface area contributed by atoms with Crippen LogP contribution in [0.3, 0.4) is 0 Å². The number of likely N-dealkylation sites (tertiary alicyclic amines) is 2. The lowest BCUT2D eigenvalue weighted by Crippen LogP contribution is -2.52. The number of furan rings is 1. The van der Waals surface area contributed by atoms with Gasteiger partial charge in [-0.3, -0.25) is 14.7 Å². The first-order chi connectivity index (χ1) is 18.0. The normalized spacial score (nSPS) is 17.2. The fraction of sp³-hybridized carbons (Fsp3) is 0.500. The number of carboxylic acid groups (broad SMARTS) is 2. The van der Waals surface area contributed by atoms with Gasteiger partial charge in [0.25, 0.3) is 0 Å². The molecule has 0 atom stereocenters. The van der Waals surface area contributed by atoms with Crippen molar-refractivity contribution in [3.05, 3.63) is 53.7 Å². The predicted octanol–water partition coefficient (Wildman–Crippen LogP) is 4.41. The number of pyridine rings is 1. The number of carbonyl (C=O) groups excluding carboxylic acids is 1. The van der Waals surface area contributed by atoms with E-state index in [1.165, 1.54) is 0 Å². The molecule has 1 spiro atoms. The van der Waals surface area contributed by atoms with Crippen LogP contribution >= 0.6 is 0 Å². The Bertz CT molecular complexity index is 1090. The smallest absolute Gasteiger partial charge is 0.475 e. The molecular formula is C24H27F6N3O6. The number of carboxylic acids is 2. The van der Waals surface area contributed by atoms with Gasteiger partial charge in [0.15, 0.2) is 0 Å². The third-order valence-corrected chi connectivity index (χ3v) is 6.19. The van der Waals surface area contributed by atoms with E-state index in [1.807, 2.05) is 25.3 Å². The Hall–Kier alpha value is -3.62. The fourth-order valence-corrected chi connectivity index (χ4v) is 4.24. The number of carbonyl (C=O) groups is 3. The standard InChI is InChI=1S/C20H25N3O2.2C2HF3O2/c1-16-4-5-18(25-16)15-22-11-8-20(9-12-22)7-6-19(24)23(20)14-17-3-2-10-21-13-17;2*3-2(4,5)1(6)7/h2-5,10,13H,6-9,11-12,14-15H2,1H3;2*(H,6,7). The Morgan fingerprint density at radius 2 is 1.54 bits per heavy atom. The monoisotopic (exact) mass is 567 g/mol. The number of hydrogen-bond acceptors (Lipinski definition) is 6. The van der Waals surface area contributed by atoms with E-state index in [1.54, 1.807) is 6.20 Å². The summed E-state index contributed by atoms with van der Waals surface area (Å²) in [6.07, 6.45) is -2.78. The van der Waals surface area contributed by atoms with Crippen LogP contribution in [0.2, 0.25) is 0 Å². The maximum Gasteiger partial charge on any atom is 0.490 e. The molecule has 2 N–H and O–H groups in total. The van der Waals surface area contributed by atoms with Gasteiger partial charge in [-0.15, -0.1) is 0 Å².